The molecule has 26 heavy (non-hydrogen) atoms. The highest BCUT2D eigenvalue weighted by molar-refractivity contribution is 7.13. The number of halogens is 1. The second kappa shape index (κ2) is 8.47. The second-order valence-corrected chi connectivity index (χ2v) is 7.60. The molecule has 3 rings (SSSR count). The maximum atomic E-state index is 12.3. The molecule has 3 nitrogen and oxygen atoms in total. The Hall–Kier alpha value is -2.17. The van der Waals surface area contributed by atoms with Crippen molar-refractivity contribution in [1.29, 1.82) is 0 Å². The van der Waals surface area contributed by atoms with E-state index < -0.39 is 0 Å². The highest BCUT2D eigenvalue weighted by Crippen LogP contribution is 2.25. The molecule has 0 bridgehead atoms. The van der Waals surface area contributed by atoms with Gasteiger partial charge in [-0.05, 0) is 42.2 Å². The topological polar surface area (TPSA) is 42.0 Å². The summed E-state index contributed by atoms with van der Waals surface area (Å²) in [7, 11) is 0. The summed E-state index contributed by atoms with van der Waals surface area (Å²) in [6, 6.07) is 15.6. The monoisotopic (exact) mass is 384 g/mol. The predicted octanol–water partition coefficient (Wildman–Crippen LogP) is 6.16. The lowest BCUT2D eigenvalue weighted by molar-refractivity contribution is -0.115. The largest absolute Gasteiger partial charge is 0.326 e. The lowest BCUT2D eigenvalue weighted by Gasteiger charge is -2.10. The van der Waals surface area contributed by atoms with Gasteiger partial charge in [0.1, 0.15) is 5.01 Å². The number of anilines is 1. The average Bonchev–Trinajstić information content (AvgIpc) is 3.10. The Labute approximate surface area is 163 Å². The number of carbonyl (C=O) groups is 1. The van der Waals surface area contributed by atoms with Gasteiger partial charge in [-0.3, -0.25) is 4.79 Å². The molecule has 1 N–H and O–H groups in total. The fourth-order valence-corrected chi connectivity index (χ4v) is 3.57. The highest BCUT2D eigenvalue weighted by Gasteiger charge is 2.10. The summed E-state index contributed by atoms with van der Waals surface area (Å²) < 4.78 is 0. The number of nitrogens with one attached hydrogen (secondary N) is 1. The summed E-state index contributed by atoms with van der Waals surface area (Å²) >= 11 is 7.45. The fourth-order valence-electron chi connectivity index (χ4n) is 2.61. The van der Waals surface area contributed by atoms with Crippen LogP contribution in [-0.4, -0.2) is 10.9 Å². The summed E-state index contributed by atoms with van der Waals surface area (Å²) in [6.45, 7) is 4.38. The van der Waals surface area contributed by atoms with Crippen LogP contribution in [0.25, 0.3) is 10.6 Å². The first-order valence-electron chi connectivity index (χ1n) is 8.65. The van der Waals surface area contributed by atoms with Crippen LogP contribution in [0.5, 0.6) is 0 Å². The second-order valence-electron chi connectivity index (χ2n) is 6.31. The summed E-state index contributed by atoms with van der Waals surface area (Å²) in [5.41, 5.74) is 3.88. The summed E-state index contributed by atoms with van der Waals surface area (Å²) in [5, 5.41) is 6.45. The van der Waals surface area contributed by atoms with Crippen LogP contribution in [0.15, 0.2) is 53.9 Å². The first-order valence-corrected chi connectivity index (χ1v) is 9.91. The van der Waals surface area contributed by atoms with Gasteiger partial charge in [0.05, 0.1) is 12.1 Å². The minimum absolute atomic E-state index is 0.0609. The van der Waals surface area contributed by atoms with Gasteiger partial charge in [-0.1, -0.05) is 49.7 Å². The lowest BCUT2D eigenvalue weighted by atomic mass is 9.99. The fraction of sp³-hybridized carbons (Fsp3) is 0.238. The van der Waals surface area contributed by atoms with Crippen molar-refractivity contribution in [1.82, 2.24) is 4.98 Å². The van der Waals surface area contributed by atoms with E-state index in [0.717, 1.165) is 28.4 Å². The van der Waals surface area contributed by atoms with Crippen molar-refractivity contribution in [2.45, 2.75) is 32.6 Å². The number of benzene rings is 2. The minimum Gasteiger partial charge on any atom is -0.326 e. The van der Waals surface area contributed by atoms with Crippen LogP contribution in [0.3, 0.4) is 0 Å². The predicted molar refractivity (Wildman–Crippen MR) is 110 cm³/mol. The molecule has 1 atom stereocenters. The summed E-state index contributed by atoms with van der Waals surface area (Å²) in [4.78, 5) is 16.8. The molecule has 1 aromatic heterocycles. The van der Waals surface area contributed by atoms with Crippen molar-refractivity contribution in [3.8, 4) is 10.6 Å². The molecule has 0 saturated carbocycles. The van der Waals surface area contributed by atoms with E-state index in [1.54, 1.807) is 0 Å². The first-order chi connectivity index (χ1) is 12.5. The van der Waals surface area contributed by atoms with Crippen LogP contribution in [0.4, 0.5) is 5.69 Å². The van der Waals surface area contributed by atoms with Gasteiger partial charge in [0.25, 0.3) is 0 Å². The maximum absolute atomic E-state index is 12.3. The Balaban J connectivity index is 1.61. The Bertz CT molecular complexity index is 872. The van der Waals surface area contributed by atoms with E-state index in [0.29, 0.717) is 10.9 Å². The number of rotatable bonds is 6. The van der Waals surface area contributed by atoms with Crippen molar-refractivity contribution in [3.63, 3.8) is 0 Å². The van der Waals surface area contributed by atoms with Gasteiger partial charge >= 0.3 is 0 Å². The van der Waals surface area contributed by atoms with Gasteiger partial charge in [-0.2, -0.15) is 0 Å². The van der Waals surface area contributed by atoms with Crippen LogP contribution in [0.2, 0.25) is 5.02 Å². The molecule has 0 aliphatic rings. The quantitative estimate of drug-likeness (QED) is 0.553. The zero-order valence-electron chi connectivity index (χ0n) is 14.8. The highest BCUT2D eigenvalue weighted by atomic mass is 35.5. The molecule has 3 aromatic rings. The standard InChI is InChI=1S/C21H21ClN2OS/c1-3-14(2)15-6-10-18(11-7-15)23-20(25)12-19-13-26-21(24-19)16-4-8-17(22)9-5-16/h4-11,13-14H,3,12H2,1-2H3,(H,23,25)/t14-/m1/s1. The number of aromatic nitrogens is 1. The maximum Gasteiger partial charge on any atom is 0.230 e. The van der Waals surface area contributed by atoms with Gasteiger partial charge in [-0.25, -0.2) is 4.98 Å². The normalized spacial score (nSPS) is 12.0. The number of carbonyl (C=O) groups excluding carboxylic acids is 1. The molecular weight excluding hydrogens is 364 g/mol. The van der Waals surface area contributed by atoms with Crippen LogP contribution in [-0.2, 0) is 11.2 Å². The molecule has 1 amide bonds. The molecule has 0 aliphatic carbocycles. The van der Waals surface area contributed by atoms with E-state index in [1.165, 1.54) is 16.9 Å². The minimum atomic E-state index is -0.0609. The number of hydrogen-bond acceptors (Lipinski definition) is 3. The van der Waals surface area contributed by atoms with E-state index >= 15 is 0 Å². The van der Waals surface area contributed by atoms with Gasteiger partial charge in [0.2, 0.25) is 5.91 Å². The van der Waals surface area contributed by atoms with Crippen LogP contribution >= 0.6 is 22.9 Å². The zero-order chi connectivity index (χ0) is 18.5. The first kappa shape index (κ1) is 18.6. The molecule has 0 unspecified atom stereocenters. The van der Waals surface area contributed by atoms with Gasteiger partial charge in [-0.15, -0.1) is 11.3 Å². The van der Waals surface area contributed by atoms with Crippen molar-refractivity contribution in [2.75, 3.05) is 5.32 Å². The van der Waals surface area contributed by atoms with Crippen molar-refractivity contribution < 1.29 is 4.79 Å². The van der Waals surface area contributed by atoms with Gasteiger partial charge < -0.3 is 5.32 Å². The van der Waals surface area contributed by atoms with E-state index in [4.69, 9.17) is 11.6 Å². The van der Waals surface area contributed by atoms with Crippen LogP contribution < -0.4 is 5.32 Å². The smallest absolute Gasteiger partial charge is 0.230 e. The number of nitrogens with zero attached hydrogens (tertiary/aromatic N) is 1. The molecule has 2 aromatic carbocycles. The summed E-state index contributed by atoms with van der Waals surface area (Å²) in [5.74, 6) is 0.468. The van der Waals surface area contributed by atoms with Crippen molar-refractivity contribution in [3.05, 3.63) is 70.2 Å². The van der Waals surface area contributed by atoms with Gasteiger partial charge in [0.15, 0.2) is 0 Å². The van der Waals surface area contributed by atoms with E-state index in [2.05, 4.69) is 36.3 Å². The Morgan fingerprint density at radius 2 is 1.85 bits per heavy atom. The third kappa shape index (κ3) is 4.71. The molecule has 0 spiro atoms. The number of hydrogen-bond donors (Lipinski definition) is 1. The average molecular weight is 385 g/mol. The third-order valence-corrected chi connectivity index (χ3v) is 5.55. The zero-order valence-corrected chi connectivity index (χ0v) is 16.4. The Kier molecular flexibility index (Phi) is 6.07. The van der Waals surface area contributed by atoms with Gasteiger partial charge in [0, 0.05) is 21.7 Å². The molecule has 0 radical (unpaired) electrons. The number of thiazole rings is 1. The Morgan fingerprint density at radius 3 is 2.50 bits per heavy atom. The molecule has 0 fully saturated rings. The molecular formula is C21H21ClN2OS. The van der Waals surface area contributed by atoms with Crippen LogP contribution in [0, 0.1) is 0 Å². The van der Waals surface area contributed by atoms with Crippen molar-refractivity contribution in [2.24, 2.45) is 0 Å². The van der Waals surface area contributed by atoms with E-state index in [9.17, 15) is 4.79 Å². The molecule has 0 saturated heterocycles. The number of amides is 1. The van der Waals surface area contributed by atoms with E-state index in [-0.39, 0.29) is 12.3 Å². The van der Waals surface area contributed by atoms with Crippen LogP contribution in [0.1, 0.15) is 37.4 Å². The molecule has 5 heteroatoms. The lowest BCUT2D eigenvalue weighted by Crippen LogP contribution is -2.14. The van der Waals surface area contributed by atoms with E-state index in [1.807, 2.05) is 41.8 Å². The molecule has 0 aliphatic heterocycles. The third-order valence-electron chi connectivity index (χ3n) is 4.36. The SMILES string of the molecule is CC[C@@H](C)c1ccc(NC(=O)Cc2csc(-c3ccc(Cl)cc3)n2)cc1. The molecule has 134 valence electrons. The molecule has 1 heterocycles. The Morgan fingerprint density at radius 1 is 1.15 bits per heavy atom. The van der Waals surface area contributed by atoms with Crippen molar-refractivity contribution >= 4 is 34.5 Å². The summed E-state index contributed by atoms with van der Waals surface area (Å²) in [6.07, 6.45) is 1.36.